The predicted molar refractivity (Wildman–Crippen MR) is 87.7 cm³/mol. The Hall–Kier alpha value is -1.46. The topological polar surface area (TPSA) is 74.8 Å². The molecule has 0 aliphatic heterocycles. The lowest BCUT2D eigenvalue weighted by molar-refractivity contribution is 0.147. The van der Waals surface area contributed by atoms with Gasteiger partial charge >= 0.3 is 6.09 Å². The number of nitrogens with one attached hydrogen (secondary N) is 3. The van der Waals surface area contributed by atoms with Crippen LogP contribution in [0, 0.1) is 5.92 Å². The number of nitrogens with zero attached hydrogens (tertiary/aromatic N) is 1. The van der Waals surface area contributed by atoms with Crippen LogP contribution >= 0.6 is 0 Å². The maximum absolute atomic E-state index is 11.6. The molecule has 0 aliphatic rings. The number of hydrogen-bond donors (Lipinski definition) is 3. The lowest BCUT2D eigenvalue weighted by Gasteiger charge is -2.20. The van der Waals surface area contributed by atoms with E-state index in [0.717, 1.165) is 18.9 Å². The summed E-state index contributed by atoms with van der Waals surface area (Å²) < 4.78 is 4.94. The summed E-state index contributed by atoms with van der Waals surface area (Å²) in [6.07, 6.45) is 0.490. The third-order valence-electron chi connectivity index (χ3n) is 2.59. The second-order valence-corrected chi connectivity index (χ2v) is 5.71. The highest BCUT2D eigenvalue weighted by molar-refractivity contribution is 5.80. The van der Waals surface area contributed by atoms with Crippen LogP contribution in [0.5, 0.6) is 0 Å². The second kappa shape index (κ2) is 11.2. The average molecular weight is 300 g/mol. The van der Waals surface area contributed by atoms with E-state index in [9.17, 15) is 4.79 Å². The van der Waals surface area contributed by atoms with Gasteiger partial charge in [0.15, 0.2) is 5.96 Å². The van der Waals surface area contributed by atoms with Gasteiger partial charge in [0.25, 0.3) is 0 Å². The molecule has 1 atom stereocenters. The number of alkyl carbamates (subject to hydrolysis) is 1. The zero-order valence-electron chi connectivity index (χ0n) is 14.3. The normalized spacial score (nSPS) is 13.2. The van der Waals surface area contributed by atoms with Crippen molar-refractivity contribution in [3.8, 4) is 0 Å². The fourth-order valence-electron chi connectivity index (χ4n) is 1.88. The summed E-state index contributed by atoms with van der Waals surface area (Å²) in [6.45, 7) is 13.9. The molecule has 1 amide bonds. The first-order valence-electron chi connectivity index (χ1n) is 7.87. The highest BCUT2D eigenvalue weighted by Gasteiger charge is 2.14. The van der Waals surface area contributed by atoms with Crippen LogP contribution in [0.3, 0.4) is 0 Å². The van der Waals surface area contributed by atoms with Crippen molar-refractivity contribution in [2.75, 3.05) is 19.7 Å². The molecule has 0 radical (unpaired) electrons. The number of rotatable bonds is 8. The Labute approximate surface area is 129 Å². The van der Waals surface area contributed by atoms with Crippen LogP contribution in [-0.4, -0.2) is 43.8 Å². The summed E-state index contributed by atoms with van der Waals surface area (Å²) in [4.78, 5) is 16.1. The van der Waals surface area contributed by atoms with Crippen molar-refractivity contribution in [2.24, 2.45) is 10.9 Å². The molecule has 0 fully saturated rings. The minimum atomic E-state index is -0.375. The number of amides is 1. The molecule has 0 saturated carbocycles. The highest BCUT2D eigenvalue weighted by atomic mass is 16.5. The van der Waals surface area contributed by atoms with Gasteiger partial charge in [-0.2, -0.15) is 0 Å². The molecule has 0 rings (SSSR count). The molecule has 0 aliphatic carbocycles. The minimum absolute atomic E-state index is 0.0216. The van der Waals surface area contributed by atoms with Crippen LogP contribution in [0.4, 0.5) is 4.79 Å². The van der Waals surface area contributed by atoms with E-state index < -0.39 is 0 Å². The number of aliphatic imine (C=N–C) groups is 1. The molecule has 6 nitrogen and oxygen atoms in total. The summed E-state index contributed by atoms with van der Waals surface area (Å²) in [7, 11) is 0. The molecule has 0 saturated heterocycles. The van der Waals surface area contributed by atoms with Gasteiger partial charge in [-0.05, 0) is 40.0 Å². The van der Waals surface area contributed by atoms with Crippen molar-refractivity contribution < 1.29 is 9.53 Å². The average Bonchev–Trinajstić information content (AvgIpc) is 2.34. The molecular formula is C15H32N4O2. The molecule has 1 unspecified atom stereocenters. The zero-order valence-corrected chi connectivity index (χ0v) is 14.3. The van der Waals surface area contributed by atoms with Crippen LogP contribution < -0.4 is 16.0 Å². The monoisotopic (exact) mass is 300 g/mol. The van der Waals surface area contributed by atoms with Gasteiger partial charge in [-0.15, -0.1) is 0 Å². The van der Waals surface area contributed by atoms with Crippen LogP contribution in [0.15, 0.2) is 4.99 Å². The van der Waals surface area contributed by atoms with E-state index in [1.54, 1.807) is 6.92 Å². The Morgan fingerprint density at radius 1 is 1.14 bits per heavy atom. The Morgan fingerprint density at radius 2 is 1.81 bits per heavy atom. The van der Waals surface area contributed by atoms with Crippen LogP contribution in [-0.2, 0) is 4.74 Å². The molecule has 6 heteroatoms. The van der Waals surface area contributed by atoms with Crippen LogP contribution in [0.1, 0.15) is 48.0 Å². The van der Waals surface area contributed by atoms with Gasteiger partial charge < -0.3 is 20.7 Å². The fraction of sp³-hybridized carbons (Fsp3) is 0.867. The van der Waals surface area contributed by atoms with E-state index in [2.05, 4.69) is 48.6 Å². The standard InChI is InChI=1S/C15H32N4O2/c1-7-16-14(18-12(5)6)17-10-13(9-11(3)4)19-15(20)21-8-2/h11-13H,7-10H2,1-6H3,(H,19,20)(H2,16,17,18). The smallest absolute Gasteiger partial charge is 0.407 e. The Morgan fingerprint density at radius 3 is 2.29 bits per heavy atom. The molecular weight excluding hydrogens is 268 g/mol. The lowest BCUT2D eigenvalue weighted by Crippen LogP contribution is -2.43. The lowest BCUT2D eigenvalue weighted by atomic mass is 10.0. The molecule has 0 aromatic rings. The summed E-state index contributed by atoms with van der Waals surface area (Å²) in [6, 6.07) is 0.288. The van der Waals surface area contributed by atoms with Crippen LogP contribution in [0.2, 0.25) is 0 Å². The molecule has 3 N–H and O–H groups in total. The number of carbonyl (C=O) groups excluding carboxylic acids is 1. The second-order valence-electron chi connectivity index (χ2n) is 5.71. The minimum Gasteiger partial charge on any atom is -0.450 e. The fourth-order valence-corrected chi connectivity index (χ4v) is 1.88. The Kier molecular flexibility index (Phi) is 10.4. The van der Waals surface area contributed by atoms with E-state index >= 15 is 0 Å². The maximum atomic E-state index is 11.6. The number of ether oxygens (including phenoxy) is 1. The van der Waals surface area contributed by atoms with E-state index in [-0.39, 0.29) is 12.1 Å². The first-order valence-corrected chi connectivity index (χ1v) is 7.87. The van der Waals surface area contributed by atoms with Gasteiger partial charge in [0.05, 0.1) is 19.2 Å². The van der Waals surface area contributed by atoms with E-state index in [4.69, 9.17) is 4.74 Å². The number of guanidine groups is 1. The number of carbonyl (C=O) groups is 1. The van der Waals surface area contributed by atoms with E-state index in [1.807, 2.05) is 6.92 Å². The van der Waals surface area contributed by atoms with Gasteiger partial charge in [-0.1, -0.05) is 13.8 Å². The van der Waals surface area contributed by atoms with E-state index in [1.165, 1.54) is 0 Å². The third kappa shape index (κ3) is 10.9. The SMILES string of the molecule is CCNC(=NCC(CC(C)C)NC(=O)OCC)NC(C)C. The zero-order chi connectivity index (χ0) is 16.3. The largest absolute Gasteiger partial charge is 0.450 e. The van der Waals surface area contributed by atoms with Gasteiger partial charge in [0.1, 0.15) is 0 Å². The van der Waals surface area contributed by atoms with Crippen molar-refractivity contribution in [3.63, 3.8) is 0 Å². The Balaban J connectivity index is 4.63. The third-order valence-corrected chi connectivity index (χ3v) is 2.59. The number of hydrogen-bond acceptors (Lipinski definition) is 3. The predicted octanol–water partition coefficient (Wildman–Crippen LogP) is 2.11. The van der Waals surface area contributed by atoms with Crippen LogP contribution in [0.25, 0.3) is 0 Å². The van der Waals surface area contributed by atoms with Crippen molar-refractivity contribution in [1.82, 2.24) is 16.0 Å². The summed E-state index contributed by atoms with van der Waals surface area (Å²) in [5.74, 6) is 1.25. The molecule has 0 aromatic heterocycles. The van der Waals surface area contributed by atoms with Crippen molar-refractivity contribution in [1.29, 1.82) is 0 Å². The first-order chi connectivity index (χ1) is 9.88. The summed E-state index contributed by atoms with van der Waals surface area (Å²) in [5.41, 5.74) is 0. The van der Waals surface area contributed by atoms with E-state index in [0.29, 0.717) is 25.1 Å². The molecule has 0 aromatic carbocycles. The highest BCUT2D eigenvalue weighted by Crippen LogP contribution is 2.05. The Bertz CT molecular complexity index is 317. The summed E-state index contributed by atoms with van der Waals surface area (Å²) in [5, 5.41) is 9.34. The van der Waals surface area contributed by atoms with Gasteiger partial charge in [0.2, 0.25) is 0 Å². The molecule has 0 spiro atoms. The van der Waals surface area contributed by atoms with Crippen molar-refractivity contribution in [2.45, 2.75) is 60.0 Å². The van der Waals surface area contributed by atoms with Gasteiger partial charge in [0, 0.05) is 12.6 Å². The molecule has 124 valence electrons. The quantitative estimate of drug-likeness (QED) is 0.474. The molecule has 0 bridgehead atoms. The molecule has 21 heavy (non-hydrogen) atoms. The maximum Gasteiger partial charge on any atom is 0.407 e. The first kappa shape index (κ1) is 19.5. The van der Waals surface area contributed by atoms with Gasteiger partial charge in [-0.3, -0.25) is 4.99 Å². The van der Waals surface area contributed by atoms with Crippen molar-refractivity contribution in [3.05, 3.63) is 0 Å². The summed E-state index contributed by atoms with van der Waals surface area (Å²) >= 11 is 0. The van der Waals surface area contributed by atoms with Crippen molar-refractivity contribution >= 4 is 12.1 Å². The van der Waals surface area contributed by atoms with Gasteiger partial charge in [-0.25, -0.2) is 4.79 Å². The molecule has 0 heterocycles.